The first-order valence-electron chi connectivity index (χ1n) is 28.5. The van der Waals surface area contributed by atoms with Crippen molar-refractivity contribution in [2.45, 2.75) is 263 Å². The van der Waals surface area contributed by atoms with Gasteiger partial charge in [0.15, 0.2) is 0 Å². The van der Waals surface area contributed by atoms with E-state index in [1.165, 1.54) is 77.0 Å². The lowest BCUT2D eigenvalue weighted by Gasteiger charge is -2.55. The molecule has 13 rings (SSSR count). The van der Waals surface area contributed by atoms with Crippen molar-refractivity contribution in [2.24, 2.45) is 82.9 Å². The Bertz CT molecular complexity index is 1470. The Kier molecular flexibility index (Phi) is 11.8. The largest absolute Gasteiger partial charge is 0.374 e. The van der Waals surface area contributed by atoms with Crippen LogP contribution >= 0.6 is 23.5 Å². The molecule has 0 aromatic heterocycles. The van der Waals surface area contributed by atoms with E-state index in [4.69, 9.17) is 4.74 Å². The van der Waals surface area contributed by atoms with Crippen LogP contribution < -0.4 is 0 Å². The van der Waals surface area contributed by atoms with Crippen molar-refractivity contribution >= 4 is 23.5 Å². The SMILES string of the molecule is C1CCC2C(C1)CC(C1CCC(N(C3CCC(C4CCCC5C6CCC7SC8CCCCC8C7C6SC45)CC3)C3CCC4C(C3)OC3CCCCC34)CC1)C1CCCCC21. The molecule has 13 fully saturated rings. The maximum Gasteiger partial charge on any atom is 0.0625 e. The van der Waals surface area contributed by atoms with Crippen LogP contribution in [0.3, 0.4) is 0 Å². The second kappa shape index (κ2) is 17.4. The number of hydrogen-bond acceptors (Lipinski definition) is 4. The second-order valence-corrected chi connectivity index (χ2v) is 28.2. The van der Waals surface area contributed by atoms with E-state index in [2.05, 4.69) is 28.4 Å². The van der Waals surface area contributed by atoms with E-state index < -0.39 is 0 Å². The van der Waals surface area contributed by atoms with Crippen LogP contribution in [0.1, 0.15) is 212 Å². The molecule has 13 aliphatic rings. The van der Waals surface area contributed by atoms with Gasteiger partial charge in [0.2, 0.25) is 0 Å². The lowest BCUT2D eigenvalue weighted by Crippen LogP contribution is -2.55. The Labute approximate surface area is 377 Å². The number of thioether (sulfide) groups is 2. The molecule has 0 spiro atoms. The van der Waals surface area contributed by atoms with Crippen molar-refractivity contribution in [3.63, 3.8) is 0 Å². The van der Waals surface area contributed by atoms with Crippen molar-refractivity contribution in [1.82, 2.24) is 4.90 Å². The molecule has 0 aromatic rings. The molecule has 60 heavy (non-hydrogen) atoms. The minimum Gasteiger partial charge on any atom is -0.374 e. The molecular weight excluding hydrogens is 767 g/mol. The Morgan fingerprint density at radius 2 is 0.867 bits per heavy atom. The smallest absolute Gasteiger partial charge is 0.0625 e. The molecule has 19 atom stereocenters. The summed E-state index contributed by atoms with van der Waals surface area (Å²) in [5.74, 6) is 14.8. The summed E-state index contributed by atoms with van der Waals surface area (Å²) in [6.07, 6.45) is 52.1. The highest BCUT2D eigenvalue weighted by Gasteiger charge is 2.60. The number of ether oxygens (including phenoxy) is 1. The van der Waals surface area contributed by atoms with E-state index in [1.54, 1.807) is 135 Å². The molecule has 19 unspecified atom stereocenters. The van der Waals surface area contributed by atoms with Gasteiger partial charge in [0.25, 0.3) is 0 Å². The Balaban J connectivity index is 0.704. The molecule has 0 radical (unpaired) electrons. The number of nitrogens with zero attached hydrogens (tertiary/aromatic N) is 1. The zero-order valence-corrected chi connectivity index (χ0v) is 39.9. The van der Waals surface area contributed by atoms with Gasteiger partial charge in [-0.15, -0.1) is 0 Å². The summed E-state index contributed by atoms with van der Waals surface area (Å²) in [6.45, 7) is 0. The van der Waals surface area contributed by atoms with Crippen LogP contribution in [-0.2, 0) is 4.74 Å². The second-order valence-electron chi connectivity index (χ2n) is 25.4. The van der Waals surface area contributed by atoms with Crippen LogP contribution in [0.25, 0.3) is 0 Å². The first-order valence-corrected chi connectivity index (χ1v) is 30.4. The predicted octanol–water partition coefficient (Wildman–Crippen LogP) is 14.8. The minimum atomic E-state index is 0.588. The summed E-state index contributed by atoms with van der Waals surface area (Å²) >= 11 is 5.18. The molecule has 10 saturated carbocycles. The minimum absolute atomic E-state index is 0.588. The molecule has 3 aliphatic heterocycles. The van der Waals surface area contributed by atoms with Crippen molar-refractivity contribution < 1.29 is 4.74 Å². The number of rotatable bonds is 5. The summed E-state index contributed by atoms with van der Waals surface area (Å²) < 4.78 is 7.12. The highest BCUT2D eigenvalue weighted by molar-refractivity contribution is 8.02. The van der Waals surface area contributed by atoms with E-state index in [-0.39, 0.29) is 0 Å². The highest BCUT2D eigenvalue weighted by atomic mass is 32.2. The topological polar surface area (TPSA) is 12.5 Å². The van der Waals surface area contributed by atoms with Gasteiger partial charge in [-0.05, 0) is 231 Å². The van der Waals surface area contributed by atoms with Crippen molar-refractivity contribution in [2.75, 3.05) is 0 Å². The molecule has 2 nitrogen and oxygen atoms in total. The Hall–Kier alpha value is 0.620. The quantitative estimate of drug-likeness (QED) is 0.273. The van der Waals surface area contributed by atoms with Crippen LogP contribution in [0.2, 0.25) is 0 Å². The van der Waals surface area contributed by atoms with Crippen molar-refractivity contribution in [1.29, 1.82) is 0 Å². The first kappa shape index (κ1) is 40.9. The van der Waals surface area contributed by atoms with Crippen LogP contribution in [0, 0.1) is 82.9 Å². The fraction of sp³-hybridized carbons (Fsp3) is 1.00. The lowest BCUT2D eigenvalue weighted by atomic mass is 9.51. The molecule has 4 heteroatoms. The highest BCUT2D eigenvalue weighted by Crippen LogP contribution is 2.66. The Morgan fingerprint density at radius 3 is 1.67 bits per heavy atom. The van der Waals surface area contributed by atoms with Crippen LogP contribution in [0.5, 0.6) is 0 Å². The maximum atomic E-state index is 7.12. The molecule has 3 heterocycles. The van der Waals surface area contributed by atoms with Gasteiger partial charge in [-0.2, -0.15) is 23.5 Å². The standard InChI is InChI=1S/C56H89NOS2/c1-2-11-40-36(10-1)32-49(43-13-4-3-12-42(40)43)35-22-26-38(27-23-35)57(39-28-29-45-44-14-5-7-18-50(44)58-51(45)33-39)37-24-20-34(21-25-37)41-16-9-17-46-47-30-31-53-54(56(47)60-55(41)46)48-15-6-8-19-52(48)59-53/h34-56H,1-33H2. The van der Waals surface area contributed by atoms with Gasteiger partial charge in [-0.3, -0.25) is 4.90 Å². The van der Waals surface area contributed by atoms with Crippen molar-refractivity contribution in [3.05, 3.63) is 0 Å². The van der Waals surface area contributed by atoms with Gasteiger partial charge < -0.3 is 4.74 Å². The van der Waals surface area contributed by atoms with Gasteiger partial charge in [0, 0.05) is 39.1 Å². The van der Waals surface area contributed by atoms with E-state index >= 15 is 0 Å². The van der Waals surface area contributed by atoms with Gasteiger partial charge >= 0.3 is 0 Å². The fourth-order valence-electron chi connectivity index (χ4n) is 21.1. The zero-order valence-electron chi connectivity index (χ0n) is 38.3. The number of fused-ring (bicyclic) bond motifs is 13. The van der Waals surface area contributed by atoms with Gasteiger partial charge in [0.1, 0.15) is 0 Å². The van der Waals surface area contributed by atoms with E-state index in [0.717, 1.165) is 122 Å². The average Bonchev–Trinajstić information content (AvgIpc) is 4.00. The van der Waals surface area contributed by atoms with E-state index in [1.807, 2.05) is 0 Å². The van der Waals surface area contributed by atoms with Gasteiger partial charge in [0.05, 0.1) is 12.2 Å². The average molecular weight is 856 g/mol. The summed E-state index contributed by atoms with van der Waals surface area (Å²) in [5.41, 5.74) is 0. The fourth-order valence-corrected chi connectivity index (χ4v) is 25.9. The van der Waals surface area contributed by atoms with Gasteiger partial charge in [-0.25, -0.2) is 0 Å². The lowest BCUT2D eigenvalue weighted by molar-refractivity contribution is -0.0630. The normalized spacial score (nSPS) is 56.2. The molecule has 0 N–H and O–H groups in total. The molecule has 3 saturated heterocycles. The van der Waals surface area contributed by atoms with Crippen molar-refractivity contribution in [3.8, 4) is 0 Å². The molecule has 10 aliphatic carbocycles. The third-order valence-corrected chi connectivity index (χ3v) is 27.2. The molecular formula is C56H89NOS2. The summed E-state index contributed by atoms with van der Waals surface area (Å²) in [4.78, 5) is 3.37. The predicted molar refractivity (Wildman–Crippen MR) is 253 cm³/mol. The van der Waals surface area contributed by atoms with E-state index in [9.17, 15) is 0 Å². The van der Waals surface area contributed by atoms with Crippen LogP contribution in [-0.4, -0.2) is 56.2 Å². The summed E-state index contributed by atoms with van der Waals surface area (Å²) in [7, 11) is 0. The first-order chi connectivity index (χ1) is 29.7. The monoisotopic (exact) mass is 856 g/mol. The van der Waals surface area contributed by atoms with Crippen LogP contribution in [0.4, 0.5) is 0 Å². The zero-order chi connectivity index (χ0) is 39.3. The molecule has 0 bridgehead atoms. The Morgan fingerprint density at radius 1 is 0.300 bits per heavy atom. The summed E-state index contributed by atoms with van der Waals surface area (Å²) in [5, 5.41) is 4.14. The molecule has 0 amide bonds. The summed E-state index contributed by atoms with van der Waals surface area (Å²) in [6, 6.07) is 2.55. The van der Waals surface area contributed by atoms with Gasteiger partial charge in [-0.1, -0.05) is 64.2 Å². The molecule has 336 valence electrons. The van der Waals surface area contributed by atoms with Crippen LogP contribution in [0.15, 0.2) is 0 Å². The number of hydrogen-bond donors (Lipinski definition) is 0. The molecule has 0 aromatic carbocycles. The third-order valence-electron chi connectivity index (χ3n) is 23.3. The van der Waals surface area contributed by atoms with E-state index in [0.29, 0.717) is 12.2 Å². The maximum absolute atomic E-state index is 7.12. The third kappa shape index (κ3) is 7.18.